The number of aromatic carboxylic acids is 1. The Morgan fingerprint density at radius 2 is 1.74 bits per heavy atom. The van der Waals surface area contributed by atoms with Crippen molar-refractivity contribution in [1.82, 2.24) is 0 Å². The molecule has 0 aliphatic heterocycles. The maximum Gasteiger partial charge on any atom is 0.337 e. The molecule has 1 N–H and O–H groups in total. The topological polar surface area (TPSA) is 87.8 Å². The Morgan fingerprint density at radius 1 is 1.09 bits per heavy atom. The first kappa shape index (κ1) is 15.1. The molecule has 118 valence electrons. The van der Waals surface area contributed by atoms with E-state index in [1.54, 1.807) is 30.3 Å². The largest absolute Gasteiger partial charge is 0.478 e. The fourth-order valence-corrected chi connectivity index (χ4v) is 3.44. The van der Waals surface area contributed by atoms with Gasteiger partial charge >= 0.3 is 5.97 Å². The van der Waals surface area contributed by atoms with Crippen molar-refractivity contribution in [3.05, 3.63) is 60.2 Å². The summed E-state index contributed by atoms with van der Waals surface area (Å²) in [6, 6.07) is 14.2. The predicted octanol–water partition coefficient (Wildman–Crippen LogP) is 2.96. The first-order chi connectivity index (χ1) is 10.9. The number of sulfonamides is 1. The Bertz CT molecular complexity index is 957. The van der Waals surface area contributed by atoms with Crippen LogP contribution >= 0.6 is 0 Å². The van der Waals surface area contributed by atoms with Crippen LogP contribution < -0.4 is 4.31 Å². The van der Waals surface area contributed by atoms with Gasteiger partial charge in [-0.3, -0.25) is 4.31 Å². The molecule has 1 aromatic heterocycles. The Labute approximate surface area is 132 Å². The van der Waals surface area contributed by atoms with E-state index in [2.05, 4.69) is 0 Å². The number of para-hydroxylation sites is 2. The number of anilines is 1. The summed E-state index contributed by atoms with van der Waals surface area (Å²) in [7, 11) is -2.71. The van der Waals surface area contributed by atoms with Crippen LogP contribution in [0.5, 0.6) is 0 Å². The Hall–Kier alpha value is -2.80. The highest BCUT2D eigenvalue weighted by molar-refractivity contribution is 7.92. The molecule has 0 radical (unpaired) electrons. The van der Waals surface area contributed by atoms with Crippen LogP contribution in [0, 0.1) is 0 Å². The fraction of sp³-hybridized carbons (Fsp3) is 0.0625. The molecule has 1 heterocycles. The van der Waals surface area contributed by atoms with E-state index in [0.29, 0.717) is 11.0 Å². The number of benzene rings is 2. The minimum atomic E-state index is -4.01. The predicted molar refractivity (Wildman–Crippen MR) is 85.2 cm³/mol. The third-order valence-corrected chi connectivity index (χ3v) is 5.12. The summed E-state index contributed by atoms with van der Waals surface area (Å²) in [5.74, 6) is -1.20. The Kier molecular flexibility index (Phi) is 3.57. The Morgan fingerprint density at radius 3 is 2.43 bits per heavy atom. The molecule has 0 atom stereocenters. The second-order valence-electron chi connectivity index (χ2n) is 4.90. The number of carbonyl (C=O) groups is 1. The van der Waals surface area contributed by atoms with Crippen LogP contribution in [0.15, 0.2) is 64.1 Å². The highest BCUT2D eigenvalue weighted by atomic mass is 32.2. The van der Waals surface area contributed by atoms with Gasteiger partial charge in [-0.05, 0) is 18.2 Å². The zero-order valence-electron chi connectivity index (χ0n) is 12.1. The fourth-order valence-electron chi connectivity index (χ4n) is 2.28. The minimum Gasteiger partial charge on any atom is -0.478 e. The van der Waals surface area contributed by atoms with Gasteiger partial charge in [0.05, 0.1) is 11.3 Å². The van der Waals surface area contributed by atoms with Crippen LogP contribution in [0.4, 0.5) is 5.69 Å². The normalized spacial score (nSPS) is 11.5. The highest BCUT2D eigenvalue weighted by Crippen LogP contribution is 2.29. The van der Waals surface area contributed by atoms with E-state index < -0.39 is 16.0 Å². The molecule has 3 aromatic rings. The average Bonchev–Trinajstić information content (AvgIpc) is 2.99. The lowest BCUT2D eigenvalue weighted by atomic mass is 10.2. The van der Waals surface area contributed by atoms with Crippen molar-refractivity contribution >= 4 is 32.6 Å². The van der Waals surface area contributed by atoms with Gasteiger partial charge in [-0.1, -0.05) is 30.3 Å². The zero-order valence-corrected chi connectivity index (χ0v) is 12.9. The van der Waals surface area contributed by atoms with Crippen LogP contribution in [0.2, 0.25) is 0 Å². The van der Waals surface area contributed by atoms with Gasteiger partial charge in [-0.15, -0.1) is 0 Å². The van der Waals surface area contributed by atoms with Gasteiger partial charge in [-0.2, -0.15) is 8.42 Å². The summed E-state index contributed by atoms with van der Waals surface area (Å²) < 4.78 is 31.7. The third-order valence-electron chi connectivity index (χ3n) is 3.49. The van der Waals surface area contributed by atoms with Crippen molar-refractivity contribution in [2.45, 2.75) is 5.09 Å². The number of carboxylic acids is 1. The monoisotopic (exact) mass is 331 g/mol. The van der Waals surface area contributed by atoms with Crippen molar-refractivity contribution in [3.8, 4) is 0 Å². The molecule has 2 aromatic carbocycles. The second kappa shape index (κ2) is 5.44. The van der Waals surface area contributed by atoms with E-state index in [1.807, 2.05) is 0 Å². The van der Waals surface area contributed by atoms with E-state index in [1.165, 1.54) is 31.3 Å². The summed E-state index contributed by atoms with van der Waals surface area (Å²) in [5.41, 5.74) is 0.418. The maximum absolute atomic E-state index is 12.7. The minimum absolute atomic E-state index is 0.0699. The lowest BCUT2D eigenvalue weighted by Gasteiger charge is -2.19. The van der Waals surface area contributed by atoms with Crippen LogP contribution in [-0.2, 0) is 10.0 Å². The molecule has 0 aliphatic carbocycles. The molecular weight excluding hydrogens is 318 g/mol. The molecule has 23 heavy (non-hydrogen) atoms. The van der Waals surface area contributed by atoms with Gasteiger partial charge in [-0.25, -0.2) is 4.79 Å². The summed E-state index contributed by atoms with van der Waals surface area (Å²) in [4.78, 5) is 11.3. The Balaban J connectivity index is 2.11. The number of rotatable bonds is 4. The average molecular weight is 331 g/mol. The molecule has 7 heteroatoms. The number of hydrogen-bond acceptors (Lipinski definition) is 4. The lowest BCUT2D eigenvalue weighted by Crippen LogP contribution is -2.27. The molecule has 0 fully saturated rings. The van der Waals surface area contributed by atoms with Gasteiger partial charge in [0.15, 0.2) is 0 Å². The van der Waals surface area contributed by atoms with Gasteiger partial charge in [0, 0.05) is 18.5 Å². The standard InChI is InChI=1S/C16H13NO5S/c1-17(13-8-4-3-7-12(13)16(18)19)23(20,21)15-10-11-6-2-5-9-14(11)22-15/h2-10H,1H3,(H,18,19). The summed E-state index contributed by atoms with van der Waals surface area (Å²) in [5, 5.41) is 9.64. The highest BCUT2D eigenvalue weighted by Gasteiger charge is 2.28. The van der Waals surface area contributed by atoms with Crippen molar-refractivity contribution in [1.29, 1.82) is 0 Å². The molecule has 0 bridgehead atoms. The number of fused-ring (bicyclic) bond motifs is 1. The van der Waals surface area contributed by atoms with E-state index in [9.17, 15) is 18.3 Å². The second-order valence-corrected chi connectivity index (χ2v) is 6.80. The molecule has 0 spiro atoms. The number of furan rings is 1. The third kappa shape index (κ3) is 2.55. The number of hydrogen-bond donors (Lipinski definition) is 1. The summed E-state index contributed by atoms with van der Waals surface area (Å²) in [6.07, 6.45) is 0. The quantitative estimate of drug-likeness (QED) is 0.794. The molecule has 6 nitrogen and oxygen atoms in total. The van der Waals surface area contributed by atoms with Gasteiger partial charge in [0.2, 0.25) is 5.09 Å². The zero-order chi connectivity index (χ0) is 16.6. The summed E-state index contributed by atoms with van der Waals surface area (Å²) >= 11 is 0. The SMILES string of the molecule is CN(c1ccccc1C(=O)O)S(=O)(=O)c1cc2ccccc2o1. The first-order valence-corrected chi connectivity index (χ1v) is 8.15. The molecular formula is C16H13NO5S. The van der Waals surface area contributed by atoms with Crippen LogP contribution in [-0.4, -0.2) is 26.5 Å². The molecule has 0 amide bonds. The maximum atomic E-state index is 12.7. The van der Waals surface area contributed by atoms with Crippen molar-refractivity contribution in [3.63, 3.8) is 0 Å². The van der Waals surface area contributed by atoms with E-state index >= 15 is 0 Å². The molecule has 3 rings (SSSR count). The van der Waals surface area contributed by atoms with E-state index in [-0.39, 0.29) is 16.3 Å². The summed E-state index contributed by atoms with van der Waals surface area (Å²) in [6.45, 7) is 0. The molecule has 0 saturated carbocycles. The molecule has 0 aliphatic rings. The van der Waals surface area contributed by atoms with E-state index in [4.69, 9.17) is 4.42 Å². The van der Waals surface area contributed by atoms with Crippen LogP contribution in [0.3, 0.4) is 0 Å². The number of carboxylic acid groups (broad SMARTS) is 1. The van der Waals surface area contributed by atoms with Gasteiger partial charge in [0.1, 0.15) is 5.58 Å². The van der Waals surface area contributed by atoms with Crippen LogP contribution in [0.25, 0.3) is 11.0 Å². The van der Waals surface area contributed by atoms with Crippen molar-refractivity contribution < 1.29 is 22.7 Å². The number of nitrogens with zero attached hydrogens (tertiary/aromatic N) is 1. The van der Waals surface area contributed by atoms with Crippen molar-refractivity contribution in [2.24, 2.45) is 0 Å². The molecule has 0 unspecified atom stereocenters. The van der Waals surface area contributed by atoms with Gasteiger partial charge < -0.3 is 9.52 Å². The molecule has 0 saturated heterocycles. The first-order valence-electron chi connectivity index (χ1n) is 6.71. The van der Waals surface area contributed by atoms with Crippen LogP contribution in [0.1, 0.15) is 10.4 Å². The van der Waals surface area contributed by atoms with Crippen molar-refractivity contribution in [2.75, 3.05) is 11.4 Å². The smallest absolute Gasteiger partial charge is 0.337 e. The van der Waals surface area contributed by atoms with Gasteiger partial charge in [0.25, 0.3) is 10.0 Å². The van der Waals surface area contributed by atoms with E-state index in [0.717, 1.165) is 4.31 Å². The lowest BCUT2D eigenvalue weighted by molar-refractivity contribution is 0.0698.